The Hall–Kier alpha value is 1.65. The zero-order valence-corrected chi connectivity index (χ0v) is 15.7. The normalized spacial score (nSPS) is 9.80. The number of rotatable bonds is 2. The molecule has 0 aromatic heterocycles. The van der Waals surface area contributed by atoms with E-state index in [1.54, 1.807) is 0 Å². The van der Waals surface area contributed by atoms with Crippen molar-refractivity contribution in [2.75, 3.05) is 0 Å². The fraction of sp³-hybridized carbons (Fsp3) is 0.500. The Balaban J connectivity index is 0. The molecule has 15 heavy (non-hydrogen) atoms. The maximum absolute atomic E-state index is 4.45. The molecule has 0 N–H and O–H groups in total. The number of hydrogen-bond acceptors (Lipinski definition) is 0. The third-order valence-corrected chi connectivity index (χ3v) is 2.75. The van der Waals surface area contributed by atoms with Gasteiger partial charge in [0.05, 0.1) is 0 Å². The van der Waals surface area contributed by atoms with Gasteiger partial charge >= 0.3 is 59.1 Å². The summed E-state index contributed by atoms with van der Waals surface area (Å²) < 4.78 is 0. The molecular weight excluding hydrogens is 221 g/mol. The SMILES string of the molecule is CC(C)c1ccc([P-2])c(C(C)C)c1.[Na+].[Na+]. The van der Waals surface area contributed by atoms with Crippen LogP contribution in [-0.4, -0.2) is 0 Å². The molecule has 0 aliphatic carbocycles. The Morgan fingerprint density at radius 2 is 1.47 bits per heavy atom. The van der Waals surface area contributed by atoms with E-state index >= 15 is 0 Å². The van der Waals surface area contributed by atoms with E-state index in [0.717, 1.165) is 5.30 Å². The molecule has 0 radical (unpaired) electrons. The van der Waals surface area contributed by atoms with Crippen LogP contribution in [0.4, 0.5) is 0 Å². The van der Waals surface area contributed by atoms with Crippen LogP contribution in [0.25, 0.3) is 0 Å². The first-order chi connectivity index (χ1) is 6.02. The predicted octanol–water partition coefficient (Wildman–Crippen LogP) is -2.02. The summed E-state index contributed by atoms with van der Waals surface area (Å²) in [4.78, 5) is 0. The van der Waals surface area contributed by atoms with Gasteiger partial charge in [-0.25, -0.2) is 0 Å². The van der Waals surface area contributed by atoms with Crippen molar-refractivity contribution in [3.63, 3.8) is 0 Å². The molecule has 0 aliphatic heterocycles. The molecule has 0 nitrogen and oxygen atoms in total. The van der Waals surface area contributed by atoms with Crippen molar-refractivity contribution < 1.29 is 59.1 Å². The van der Waals surface area contributed by atoms with Crippen LogP contribution < -0.4 is 64.4 Å². The fourth-order valence-corrected chi connectivity index (χ4v) is 1.79. The molecule has 0 atom stereocenters. The van der Waals surface area contributed by atoms with Crippen molar-refractivity contribution >= 4 is 14.5 Å². The summed E-state index contributed by atoms with van der Waals surface area (Å²) in [6, 6.07) is 6.55. The molecule has 1 aromatic carbocycles. The molecule has 1 aromatic rings. The number of hydrogen-bond donors (Lipinski definition) is 0. The van der Waals surface area contributed by atoms with Crippen molar-refractivity contribution in [1.29, 1.82) is 0 Å². The molecule has 0 amide bonds. The Bertz CT molecular complexity index is 296. The second kappa shape index (κ2) is 8.70. The van der Waals surface area contributed by atoms with Gasteiger partial charge in [-0.3, -0.25) is 0 Å². The van der Waals surface area contributed by atoms with Crippen molar-refractivity contribution in [2.45, 2.75) is 39.5 Å². The first kappa shape index (κ1) is 19.0. The van der Waals surface area contributed by atoms with Crippen LogP contribution in [0.3, 0.4) is 0 Å². The molecule has 0 saturated carbocycles. The Morgan fingerprint density at radius 3 is 1.87 bits per heavy atom. The molecule has 1 rings (SSSR count). The second-order valence-electron chi connectivity index (χ2n) is 4.13. The van der Waals surface area contributed by atoms with Crippen molar-refractivity contribution in [2.24, 2.45) is 0 Å². The Morgan fingerprint density at radius 1 is 0.933 bits per heavy atom. The maximum Gasteiger partial charge on any atom is 1.00 e. The van der Waals surface area contributed by atoms with Gasteiger partial charge in [0, 0.05) is 0 Å². The van der Waals surface area contributed by atoms with Gasteiger partial charge in [-0.1, -0.05) is 39.8 Å². The van der Waals surface area contributed by atoms with Crippen molar-refractivity contribution in [3.05, 3.63) is 29.3 Å². The molecule has 0 fully saturated rings. The van der Waals surface area contributed by atoms with E-state index in [9.17, 15) is 0 Å². The van der Waals surface area contributed by atoms with Gasteiger partial charge in [-0.15, -0.1) is 11.6 Å². The average Bonchev–Trinajstić information content (AvgIpc) is 2.04. The van der Waals surface area contributed by atoms with E-state index in [2.05, 4.69) is 55.1 Å². The van der Waals surface area contributed by atoms with Gasteiger partial charge in [0.15, 0.2) is 0 Å². The molecule has 0 bridgehead atoms. The van der Waals surface area contributed by atoms with Crippen LogP contribution in [0.2, 0.25) is 0 Å². The average molecular weight is 238 g/mol. The van der Waals surface area contributed by atoms with E-state index in [0.29, 0.717) is 11.8 Å². The van der Waals surface area contributed by atoms with Crippen LogP contribution in [0.15, 0.2) is 18.2 Å². The summed E-state index contributed by atoms with van der Waals surface area (Å²) in [5.41, 5.74) is 2.76. The van der Waals surface area contributed by atoms with Crippen molar-refractivity contribution in [1.82, 2.24) is 0 Å². The minimum atomic E-state index is 0. The van der Waals surface area contributed by atoms with Crippen molar-refractivity contribution in [3.8, 4) is 0 Å². The molecule has 0 spiro atoms. The van der Waals surface area contributed by atoms with Gasteiger partial charge < -0.3 is 14.5 Å². The van der Waals surface area contributed by atoms with Crippen LogP contribution in [0, 0.1) is 0 Å². The summed E-state index contributed by atoms with van der Waals surface area (Å²) in [6.45, 7) is 8.85. The predicted molar refractivity (Wildman–Crippen MR) is 61.2 cm³/mol. The van der Waals surface area contributed by atoms with Gasteiger partial charge in [0.1, 0.15) is 0 Å². The summed E-state index contributed by atoms with van der Waals surface area (Å²) in [5.74, 6) is 1.16. The minimum absolute atomic E-state index is 0. The third kappa shape index (κ3) is 5.68. The summed E-state index contributed by atoms with van der Waals surface area (Å²) in [5, 5.41) is 1.11. The topological polar surface area (TPSA) is 0 Å². The first-order valence-corrected chi connectivity index (χ1v) is 5.30. The molecule has 0 aliphatic rings. The summed E-state index contributed by atoms with van der Waals surface area (Å²) in [6.07, 6.45) is 0. The zero-order chi connectivity index (χ0) is 10.0. The van der Waals surface area contributed by atoms with E-state index in [1.807, 2.05) is 0 Å². The largest absolute Gasteiger partial charge is 1.45 e. The quantitative estimate of drug-likeness (QED) is 0.412. The van der Waals surface area contributed by atoms with Crippen LogP contribution in [-0.2, 0) is 0 Å². The smallest absolute Gasteiger partial charge is 1.00 e. The molecule has 0 unspecified atom stereocenters. The van der Waals surface area contributed by atoms with E-state index in [-0.39, 0.29) is 59.1 Å². The summed E-state index contributed by atoms with van der Waals surface area (Å²) in [7, 11) is 4.45. The standard InChI is InChI=1S/C12H17P.2Na/c1-8(2)10-5-6-12(13)11(7-10)9(3)4;;/h5-9H,1-4H3;;/q-2;2*+1. The Kier molecular flexibility index (Phi) is 11.0. The monoisotopic (exact) mass is 238 g/mol. The van der Waals surface area contributed by atoms with E-state index in [4.69, 9.17) is 0 Å². The molecule has 3 heteroatoms. The van der Waals surface area contributed by atoms with E-state index in [1.165, 1.54) is 11.1 Å². The van der Waals surface area contributed by atoms with Gasteiger partial charge in [-0.2, -0.15) is 0 Å². The van der Waals surface area contributed by atoms with Crippen LogP contribution in [0.1, 0.15) is 50.7 Å². The third-order valence-electron chi connectivity index (χ3n) is 2.34. The first-order valence-electron chi connectivity index (χ1n) is 4.85. The fourth-order valence-electron chi connectivity index (χ4n) is 1.39. The molecule has 0 saturated heterocycles. The van der Waals surface area contributed by atoms with Crippen LogP contribution >= 0.6 is 9.24 Å². The number of benzene rings is 1. The Labute approximate surface area is 141 Å². The second-order valence-corrected chi connectivity index (χ2v) is 4.61. The molecule has 72 valence electrons. The minimum Gasteiger partial charge on any atom is -1.45 e. The maximum atomic E-state index is 4.45. The van der Waals surface area contributed by atoms with Gasteiger partial charge in [0.25, 0.3) is 0 Å². The van der Waals surface area contributed by atoms with Gasteiger partial charge in [-0.05, 0) is 17.4 Å². The zero-order valence-electron chi connectivity index (χ0n) is 10.8. The molecular formula is C12H17Na2P. The summed E-state index contributed by atoms with van der Waals surface area (Å²) >= 11 is 0. The van der Waals surface area contributed by atoms with Gasteiger partial charge in [0.2, 0.25) is 0 Å². The van der Waals surface area contributed by atoms with E-state index < -0.39 is 0 Å². The van der Waals surface area contributed by atoms with Crippen LogP contribution in [0.5, 0.6) is 0 Å². The molecule has 0 heterocycles.